The summed E-state index contributed by atoms with van der Waals surface area (Å²) in [6.07, 6.45) is -0.806. The summed E-state index contributed by atoms with van der Waals surface area (Å²) in [4.78, 5) is 0. The first-order valence-corrected chi connectivity index (χ1v) is 5.94. The van der Waals surface area contributed by atoms with Crippen LogP contribution in [0.5, 0.6) is 0 Å². The molecule has 1 aliphatic carbocycles. The van der Waals surface area contributed by atoms with Gasteiger partial charge in [-0.25, -0.2) is 0 Å². The minimum Gasteiger partial charge on any atom is -0.390 e. The van der Waals surface area contributed by atoms with Gasteiger partial charge in [-0.1, -0.05) is 13.8 Å². The zero-order valence-electron chi connectivity index (χ0n) is 10.6. The van der Waals surface area contributed by atoms with Gasteiger partial charge in [0.15, 0.2) is 5.79 Å². The summed E-state index contributed by atoms with van der Waals surface area (Å²) >= 11 is 0. The van der Waals surface area contributed by atoms with E-state index in [1.165, 1.54) is 0 Å². The molecular formula is C12H22O4. The number of ether oxygens (including phenoxy) is 3. The summed E-state index contributed by atoms with van der Waals surface area (Å²) < 4.78 is 17.1. The van der Waals surface area contributed by atoms with Crippen LogP contribution in [-0.4, -0.2) is 42.4 Å². The normalized spacial score (nSPS) is 51.4. The van der Waals surface area contributed by atoms with Crippen LogP contribution in [0.15, 0.2) is 0 Å². The molecule has 1 saturated carbocycles. The van der Waals surface area contributed by atoms with Crippen LogP contribution in [0, 0.1) is 11.8 Å². The van der Waals surface area contributed by atoms with Crippen molar-refractivity contribution in [3.8, 4) is 0 Å². The summed E-state index contributed by atoms with van der Waals surface area (Å²) in [5, 5.41) is 10.2. The lowest BCUT2D eigenvalue weighted by molar-refractivity contribution is -0.156. The molecule has 4 nitrogen and oxygen atoms in total. The average molecular weight is 230 g/mol. The van der Waals surface area contributed by atoms with Crippen LogP contribution in [0.4, 0.5) is 0 Å². The van der Waals surface area contributed by atoms with Crippen LogP contribution < -0.4 is 0 Å². The quantitative estimate of drug-likeness (QED) is 0.734. The van der Waals surface area contributed by atoms with E-state index in [4.69, 9.17) is 14.2 Å². The fraction of sp³-hybridized carbons (Fsp3) is 1.00. The fourth-order valence-corrected chi connectivity index (χ4v) is 3.08. The third kappa shape index (κ3) is 1.78. The van der Waals surface area contributed by atoms with E-state index in [-0.39, 0.29) is 30.1 Å². The second-order valence-corrected chi connectivity index (χ2v) is 5.47. The van der Waals surface area contributed by atoms with E-state index in [1.807, 2.05) is 20.8 Å². The van der Waals surface area contributed by atoms with Gasteiger partial charge in [0, 0.05) is 18.9 Å². The lowest BCUT2D eigenvalue weighted by Gasteiger charge is -2.42. The lowest BCUT2D eigenvalue weighted by Crippen LogP contribution is -2.55. The summed E-state index contributed by atoms with van der Waals surface area (Å²) in [7, 11) is 1.69. The number of rotatable bonds is 1. The maximum absolute atomic E-state index is 10.2. The fourth-order valence-electron chi connectivity index (χ4n) is 3.08. The van der Waals surface area contributed by atoms with Gasteiger partial charge in [-0.3, -0.25) is 0 Å². The van der Waals surface area contributed by atoms with E-state index >= 15 is 0 Å². The first kappa shape index (κ1) is 12.3. The second-order valence-electron chi connectivity index (χ2n) is 5.47. The minimum absolute atomic E-state index is 0.0220. The average Bonchev–Trinajstić information content (AvgIpc) is 2.52. The highest BCUT2D eigenvalue weighted by atomic mass is 16.8. The van der Waals surface area contributed by atoms with Crippen molar-refractivity contribution >= 4 is 0 Å². The van der Waals surface area contributed by atoms with Crippen molar-refractivity contribution in [2.24, 2.45) is 11.8 Å². The molecule has 2 rings (SSSR count). The highest BCUT2D eigenvalue weighted by Gasteiger charge is 2.55. The van der Waals surface area contributed by atoms with Gasteiger partial charge in [0.25, 0.3) is 0 Å². The molecule has 1 N–H and O–H groups in total. The van der Waals surface area contributed by atoms with Crippen LogP contribution >= 0.6 is 0 Å². The van der Waals surface area contributed by atoms with Crippen LogP contribution in [0.1, 0.15) is 27.7 Å². The van der Waals surface area contributed by atoms with Gasteiger partial charge < -0.3 is 19.3 Å². The number of hydrogen-bond acceptors (Lipinski definition) is 4. The van der Waals surface area contributed by atoms with Crippen molar-refractivity contribution < 1.29 is 19.3 Å². The predicted molar refractivity (Wildman–Crippen MR) is 59.0 cm³/mol. The molecule has 6 atom stereocenters. The van der Waals surface area contributed by atoms with E-state index in [9.17, 15) is 5.11 Å². The number of hydrogen-bond donors (Lipinski definition) is 1. The Morgan fingerprint density at radius 3 is 2.19 bits per heavy atom. The number of fused-ring (bicyclic) bond motifs is 1. The molecule has 0 aromatic carbocycles. The third-order valence-electron chi connectivity index (χ3n) is 3.87. The zero-order valence-corrected chi connectivity index (χ0v) is 10.6. The Balaban J connectivity index is 2.23. The molecule has 1 saturated heterocycles. The number of aliphatic hydroxyl groups is 1. The van der Waals surface area contributed by atoms with Crippen molar-refractivity contribution in [3.05, 3.63) is 0 Å². The van der Waals surface area contributed by atoms with Gasteiger partial charge in [-0.15, -0.1) is 0 Å². The van der Waals surface area contributed by atoms with E-state index in [1.54, 1.807) is 7.11 Å². The maximum atomic E-state index is 10.2. The third-order valence-corrected chi connectivity index (χ3v) is 3.87. The van der Waals surface area contributed by atoms with Crippen LogP contribution in [0.2, 0.25) is 0 Å². The highest BCUT2D eigenvalue weighted by molar-refractivity contribution is 5.00. The molecule has 0 aromatic rings. The summed E-state index contributed by atoms with van der Waals surface area (Å²) in [6, 6.07) is 0. The second kappa shape index (κ2) is 3.95. The van der Waals surface area contributed by atoms with E-state index in [0.29, 0.717) is 0 Å². The standard InChI is InChI=1S/C12H22O4/c1-6-8(13)11-10(7(2)9(6)14-5)15-12(3,4)16-11/h6-11,13H,1-5H3/t6-,7+,8-,9-,10+,11-/m0/s1. The Bertz CT molecular complexity index is 266. The zero-order chi connectivity index (χ0) is 12.1. The molecule has 1 aliphatic heterocycles. The molecule has 0 unspecified atom stereocenters. The van der Waals surface area contributed by atoms with E-state index < -0.39 is 11.9 Å². The van der Waals surface area contributed by atoms with Gasteiger partial charge in [0.1, 0.15) is 6.10 Å². The van der Waals surface area contributed by atoms with Crippen molar-refractivity contribution in [1.82, 2.24) is 0 Å². The van der Waals surface area contributed by atoms with Crippen LogP contribution in [0.3, 0.4) is 0 Å². The van der Waals surface area contributed by atoms with E-state index in [0.717, 1.165) is 0 Å². The number of aliphatic hydroxyl groups excluding tert-OH is 1. The Kier molecular flexibility index (Phi) is 3.03. The summed E-state index contributed by atoms with van der Waals surface area (Å²) in [5.74, 6) is -0.304. The molecule has 0 amide bonds. The largest absolute Gasteiger partial charge is 0.390 e. The molecule has 0 bridgehead atoms. The van der Waals surface area contributed by atoms with Crippen molar-refractivity contribution in [1.29, 1.82) is 0 Å². The first-order chi connectivity index (χ1) is 7.37. The van der Waals surface area contributed by atoms with Crippen LogP contribution in [-0.2, 0) is 14.2 Å². The summed E-state index contributed by atoms with van der Waals surface area (Å²) in [6.45, 7) is 7.87. The summed E-state index contributed by atoms with van der Waals surface area (Å²) in [5.41, 5.74) is 0. The lowest BCUT2D eigenvalue weighted by atomic mass is 9.75. The number of methoxy groups -OCH3 is 1. The molecule has 0 spiro atoms. The molecule has 0 aromatic heterocycles. The van der Waals surface area contributed by atoms with Crippen LogP contribution in [0.25, 0.3) is 0 Å². The SMILES string of the molecule is CO[C@@H]1[C@@H](C)[C@H]2OC(C)(C)O[C@H]2[C@@H](O)[C@@H]1C. The maximum Gasteiger partial charge on any atom is 0.163 e. The molecule has 94 valence electrons. The molecule has 0 radical (unpaired) electrons. The Morgan fingerprint density at radius 2 is 1.62 bits per heavy atom. The van der Waals surface area contributed by atoms with Gasteiger partial charge in [0.2, 0.25) is 0 Å². The Hall–Kier alpha value is -0.160. The van der Waals surface area contributed by atoms with Crippen molar-refractivity contribution in [3.63, 3.8) is 0 Å². The Labute approximate surface area is 96.9 Å². The van der Waals surface area contributed by atoms with Gasteiger partial charge in [0.05, 0.1) is 18.3 Å². The predicted octanol–water partition coefficient (Wildman–Crippen LogP) is 1.17. The molecule has 2 aliphatic rings. The first-order valence-electron chi connectivity index (χ1n) is 5.94. The molecule has 4 heteroatoms. The topological polar surface area (TPSA) is 47.9 Å². The monoisotopic (exact) mass is 230 g/mol. The van der Waals surface area contributed by atoms with Gasteiger partial charge >= 0.3 is 0 Å². The van der Waals surface area contributed by atoms with Crippen molar-refractivity contribution in [2.45, 2.75) is 57.9 Å². The Morgan fingerprint density at radius 1 is 1.06 bits per heavy atom. The molecule has 2 fully saturated rings. The minimum atomic E-state index is -0.604. The molecule has 16 heavy (non-hydrogen) atoms. The van der Waals surface area contributed by atoms with Gasteiger partial charge in [-0.05, 0) is 13.8 Å². The van der Waals surface area contributed by atoms with Gasteiger partial charge in [-0.2, -0.15) is 0 Å². The highest BCUT2D eigenvalue weighted by Crippen LogP contribution is 2.42. The molecular weight excluding hydrogens is 208 g/mol. The smallest absolute Gasteiger partial charge is 0.163 e. The molecule has 1 heterocycles. The van der Waals surface area contributed by atoms with Crippen molar-refractivity contribution in [2.75, 3.05) is 7.11 Å². The van der Waals surface area contributed by atoms with E-state index in [2.05, 4.69) is 6.92 Å².